The third kappa shape index (κ3) is 9.72. The molecule has 1 rings (SSSR count). The van der Waals surface area contributed by atoms with Crippen LogP contribution in [0.5, 0.6) is 0 Å². The molecule has 0 spiro atoms. The first-order valence-electron chi connectivity index (χ1n) is 8.98. The van der Waals surface area contributed by atoms with Crippen molar-refractivity contribution in [2.45, 2.75) is 65.2 Å². The van der Waals surface area contributed by atoms with Gasteiger partial charge in [0.1, 0.15) is 0 Å². The summed E-state index contributed by atoms with van der Waals surface area (Å²) >= 11 is 0. The van der Waals surface area contributed by atoms with Gasteiger partial charge in [-0.1, -0.05) is 64.5 Å². The number of ether oxygens (including phenoxy) is 1. The van der Waals surface area contributed by atoms with E-state index in [0.29, 0.717) is 5.56 Å². The highest BCUT2D eigenvalue weighted by molar-refractivity contribution is 5.88. The van der Waals surface area contributed by atoms with E-state index in [1.54, 1.807) is 12.1 Å². The number of rotatable bonds is 12. The summed E-state index contributed by atoms with van der Waals surface area (Å²) in [6, 6.07) is 6.86. The molecule has 0 aromatic heterocycles. The molecule has 140 valence electrons. The van der Waals surface area contributed by atoms with Gasteiger partial charge >= 0.3 is 12.1 Å². The van der Waals surface area contributed by atoms with Crippen molar-refractivity contribution in [1.82, 2.24) is 0 Å². The fourth-order valence-electron chi connectivity index (χ4n) is 2.24. The van der Waals surface area contributed by atoms with Crippen LogP contribution in [-0.4, -0.2) is 18.7 Å². The Kier molecular flexibility index (Phi) is 11.1. The lowest BCUT2D eigenvalue weighted by Crippen LogP contribution is -2.12. The van der Waals surface area contributed by atoms with Crippen LogP contribution in [0.2, 0.25) is 0 Å². The molecule has 0 unspecified atom stereocenters. The Bertz CT molecular complexity index is 497. The lowest BCUT2D eigenvalue weighted by atomic mass is 10.1. The van der Waals surface area contributed by atoms with E-state index in [2.05, 4.69) is 21.7 Å². The van der Waals surface area contributed by atoms with E-state index < -0.39 is 12.1 Å². The van der Waals surface area contributed by atoms with Crippen LogP contribution in [0.4, 0.5) is 4.79 Å². The molecular formula is C19H28O6. The summed E-state index contributed by atoms with van der Waals surface area (Å²) in [5, 5.41) is 4.17. The molecule has 0 heterocycles. The van der Waals surface area contributed by atoms with Crippen LogP contribution in [0.3, 0.4) is 0 Å². The van der Waals surface area contributed by atoms with Crippen molar-refractivity contribution in [2.75, 3.05) is 6.61 Å². The fourth-order valence-corrected chi connectivity index (χ4v) is 2.24. The Morgan fingerprint density at radius 3 is 2.12 bits per heavy atom. The predicted molar refractivity (Wildman–Crippen MR) is 92.7 cm³/mol. The van der Waals surface area contributed by atoms with Crippen molar-refractivity contribution in [3.63, 3.8) is 0 Å². The van der Waals surface area contributed by atoms with Crippen LogP contribution in [0, 0.1) is 0 Å². The van der Waals surface area contributed by atoms with E-state index in [0.717, 1.165) is 31.2 Å². The molecule has 0 fully saturated rings. The van der Waals surface area contributed by atoms with Crippen molar-refractivity contribution in [1.29, 1.82) is 0 Å². The van der Waals surface area contributed by atoms with Crippen molar-refractivity contribution in [3.8, 4) is 0 Å². The Labute approximate surface area is 149 Å². The fraction of sp³-hybridized carbons (Fsp3) is 0.579. The molecule has 0 bridgehead atoms. The van der Waals surface area contributed by atoms with E-state index >= 15 is 0 Å². The number of unbranched alkanes of at least 4 members (excludes halogenated alkanes) is 6. The molecule has 0 N–H and O–H groups in total. The standard InChI is InChI=1S/C19H28O6/c1-3-5-6-7-8-9-10-15-22-19(21)24-25-23-18(20)17-13-11-16(4-2)12-14-17/h11-14H,3-10,15H2,1-2H3. The molecule has 0 amide bonds. The van der Waals surface area contributed by atoms with Gasteiger partial charge in [0.15, 0.2) is 0 Å². The minimum Gasteiger partial charge on any atom is -0.432 e. The zero-order chi connectivity index (χ0) is 18.3. The van der Waals surface area contributed by atoms with Gasteiger partial charge in [-0.2, -0.15) is 0 Å². The van der Waals surface area contributed by atoms with Crippen molar-refractivity contribution in [2.24, 2.45) is 0 Å². The third-order valence-corrected chi connectivity index (χ3v) is 3.78. The summed E-state index contributed by atoms with van der Waals surface area (Å²) in [5.41, 5.74) is 1.40. The van der Waals surface area contributed by atoms with Gasteiger partial charge in [0.25, 0.3) is 0 Å². The Morgan fingerprint density at radius 1 is 0.840 bits per heavy atom. The van der Waals surface area contributed by atoms with Crippen LogP contribution >= 0.6 is 0 Å². The molecule has 0 aliphatic rings. The van der Waals surface area contributed by atoms with E-state index in [4.69, 9.17) is 4.74 Å². The zero-order valence-electron chi connectivity index (χ0n) is 15.1. The number of hydrogen-bond acceptors (Lipinski definition) is 6. The third-order valence-electron chi connectivity index (χ3n) is 3.78. The molecule has 0 saturated heterocycles. The lowest BCUT2D eigenvalue weighted by molar-refractivity contribution is -0.452. The summed E-state index contributed by atoms with van der Waals surface area (Å²) in [4.78, 5) is 31.5. The highest BCUT2D eigenvalue weighted by Crippen LogP contribution is 2.08. The van der Waals surface area contributed by atoms with Crippen LogP contribution in [0.15, 0.2) is 24.3 Å². The number of carbonyl (C=O) groups is 2. The Morgan fingerprint density at radius 2 is 1.48 bits per heavy atom. The molecule has 0 aliphatic heterocycles. The molecule has 6 heteroatoms. The van der Waals surface area contributed by atoms with Crippen LogP contribution in [-0.2, 0) is 26.0 Å². The van der Waals surface area contributed by atoms with Gasteiger partial charge in [0, 0.05) is 0 Å². The van der Waals surface area contributed by atoms with Gasteiger partial charge in [-0.05, 0) is 30.5 Å². The molecule has 0 aliphatic carbocycles. The van der Waals surface area contributed by atoms with Gasteiger partial charge in [0.2, 0.25) is 0 Å². The highest BCUT2D eigenvalue weighted by atomic mass is 17.5. The normalized spacial score (nSPS) is 10.3. The summed E-state index contributed by atoms with van der Waals surface area (Å²) < 4.78 is 4.81. The van der Waals surface area contributed by atoms with Gasteiger partial charge < -0.3 is 4.74 Å². The van der Waals surface area contributed by atoms with Crippen molar-refractivity contribution >= 4 is 12.1 Å². The van der Waals surface area contributed by atoms with Crippen molar-refractivity contribution < 1.29 is 29.1 Å². The first-order valence-corrected chi connectivity index (χ1v) is 8.98. The van der Waals surface area contributed by atoms with E-state index in [9.17, 15) is 9.59 Å². The maximum Gasteiger partial charge on any atom is 0.543 e. The summed E-state index contributed by atoms with van der Waals surface area (Å²) in [5.74, 6) is -0.748. The number of aryl methyl sites for hydroxylation is 1. The minimum absolute atomic E-state index is 0.252. The van der Waals surface area contributed by atoms with Crippen molar-refractivity contribution in [3.05, 3.63) is 35.4 Å². The maximum absolute atomic E-state index is 11.7. The van der Waals surface area contributed by atoms with Crippen LogP contribution < -0.4 is 0 Å². The van der Waals surface area contributed by atoms with E-state index in [1.165, 1.54) is 25.7 Å². The lowest BCUT2D eigenvalue weighted by Gasteiger charge is -2.05. The number of benzene rings is 1. The van der Waals surface area contributed by atoms with Crippen LogP contribution in [0.1, 0.15) is 74.7 Å². The monoisotopic (exact) mass is 352 g/mol. The molecule has 1 aromatic carbocycles. The van der Waals surface area contributed by atoms with Gasteiger partial charge in [-0.3, -0.25) is 4.89 Å². The summed E-state index contributed by atoms with van der Waals surface area (Å²) in [6.07, 6.45) is 7.69. The minimum atomic E-state index is -1.03. The van der Waals surface area contributed by atoms with E-state index in [-0.39, 0.29) is 6.61 Å². The largest absolute Gasteiger partial charge is 0.543 e. The smallest absolute Gasteiger partial charge is 0.432 e. The average molecular weight is 352 g/mol. The van der Waals surface area contributed by atoms with E-state index in [1.807, 2.05) is 19.1 Å². The van der Waals surface area contributed by atoms with Gasteiger partial charge in [0.05, 0.1) is 17.2 Å². The molecule has 0 atom stereocenters. The number of hydrogen-bond donors (Lipinski definition) is 0. The predicted octanol–water partition coefficient (Wildman–Crippen LogP) is 5.16. The second-order valence-corrected chi connectivity index (χ2v) is 5.79. The summed E-state index contributed by atoms with van der Waals surface area (Å²) in [6.45, 7) is 4.45. The van der Waals surface area contributed by atoms with Crippen LogP contribution in [0.25, 0.3) is 0 Å². The average Bonchev–Trinajstić information content (AvgIpc) is 2.64. The topological polar surface area (TPSA) is 71.1 Å². The second-order valence-electron chi connectivity index (χ2n) is 5.79. The second kappa shape index (κ2) is 13.2. The quantitative estimate of drug-likeness (QED) is 0.224. The molecular weight excluding hydrogens is 324 g/mol. The summed E-state index contributed by atoms with van der Waals surface area (Å²) in [7, 11) is 0. The Balaban J connectivity index is 2.05. The maximum atomic E-state index is 11.7. The first-order chi connectivity index (χ1) is 12.2. The van der Waals surface area contributed by atoms with Gasteiger partial charge in [-0.15, -0.1) is 0 Å². The molecule has 0 saturated carbocycles. The molecule has 25 heavy (non-hydrogen) atoms. The number of carbonyl (C=O) groups excluding carboxylic acids is 2. The zero-order valence-corrected chi connectivity index (χ0v) is 15.1. The molecule has 6 nitrogen and oxygen atoms in total. The Hall–Kier alpha value is -2.08. The SMILES string of the molecule is CCCCCCCCCOC(=O)OOOC(=O)c1ccc(CC)cc1. The molecule has 1 aromatic rings. The first kappa shape index (κ1) is 21.0. The van der Waals surface area contributed by atoms with Gasteiger partial charge in [-0.25, -0.2) is 14.5 Å². The highest BCUT2D eigenvalue weighted by Gasteiger charge is 2.11. The molecule has 0 radical (unpaired) electrons.